The molecule has 6 heteroatoms. The second kappa shape index (κ2) is 8.49. The maximum Gasteiger partial charge on any atom is 0.408 e. The molecule has 0 heterocycles. The van der Waals surface area contributed by atoms with Gasteiger partial charge in [-0.1, -0.05) is 18.7 Å². The third-order valence-electron chi connectivity index (χ3n) is 1.44. The summed E-state index contributed by atoms with van der Waals surface area (Å²) in [5, 5.41) is 10.9. The molecule has 0 spiro atoms. The minimum atomic E-state index is -1.19. The van der Waals surface area contributed by atoms with Gasteiger partial charge >= 0.3 is 12.1 Å². The second-order valence-electron chi connectivity index (χ2n) is 2.75. The lowest BCUT2D eigenvalue weighted by Gasteiger charge is -2.13. The molecule has 2 N–H and O–H groups in total. The number of alkyl carbamates (subject to hydrolysis) is 1. The van der Waals surface area contributed by atoms with Gasteiger partial charge < -0.3 is 19.9 Å². The molecule has 0 aliphatic rings. The fourth-order valence-corrected chi connectivity index (χ4v) is 0.762. The minimum absolute atomic E-state index is 0.0195. The van der Waals surface area contributed by atoms with Crippen LogP contribution in [0.15, 0.2) is 25.3 Å². The van der Waals surface area contributed by atoms with Crippen molar-refractivity contribution in [1.29, 1.82) is 0 Å². The lowest BCUT2D eigenvalue weighted by Crippen LogP contribution is -2.44. The van der Waals surface area contributed by atoms with Crippen molar-refractivity contribution in [3.63, 3.8) is 0 Å². The van der Waals surface area contributed by atoms with Gasteiger partial charge in [-0.05, 0) is 0 Å². The molecule has 90 valence electrons. The smallest absolute Gasteiger partial charge is 0.408 e. The normalized spacial score (nSPS) is 11.2. The fraction of sp³-hybridized carbons (Fsp3) is 0.400. The van der Waals surface area contributed by atoms with Gasteiger partial charge in [-0.2, -0.15) is 0 Å². The highest BCUT2D eigenvalue weighted by molar-refractivity contribution is 5.80. The average molecular weight is 229 g/mol. The van der Waals surface area contributed by atoms with Crippen molar-refractivity contribution in [3.05, 3.63) is 25.3 Å². The second-order valence-corrected chi connectivity index (χ2v) is 2.75. The molecule has 0 radical (unpaired) electrons. The Bertz CT molecular complexity index is 264. The van der Waals surface area contributed by atoms with Gasteiger partial charge in [-0.3, -0.25) is 0 Å². The van der Waals surface area contributed by atoms with Gasteiger partial charge in [0.2, 0.25) is 0 Å². The van der Waals surface area contributed by atoms with Crippen LogP contribution in [0.1, 0.15) is 0 Å². The van der Waals surface area contributed by atoms with Crippen LogP contribution in [0.25, 0.3) is 0 Å². The van der Waals surface area contributed by atoms with Gasteiger partial charge in [0, 0.05) is 0 Å². The Morgan fingerprint density at radius 2 is 1.94 bits per heavy atom. The highest BCUT2D eigenvalue weighted by atomic mass is 16.5. The van der Waals surface area contributed by atoms with E-state index in [0.29, 0.717) is 0 Å². The van der Waals surface area contributed by atoms with E-state index in [1.807, 2.05) is 0 Å². The van der Waals surface area contributed by atoms with Crippen LogP contribution in [-0.2, 0) is 14.3 Å². The van der Waals surface area contributed by atoms with Crippen LogP contribution >= 0.6 is 0 Å². The number of carbonyl (C=O) groups is 2. The first-order valence-electron chi connectivity index (χ1n) is 4.57. The number of amides is 1. The van der Waals surface area contributed by atoms with E-state index in [9.17, 15) is 9.59 Å². The molecular weight excluding hydrogens is 214 g/mol. The summed E-state index contributed by atoms with van der Waals surface area (Å²) in [6, 6.07) is -1.14. The van der Waals surface area contributed by atoms with Crippen molar-refractivity contribution in [1.82, 2.24) is 5.32 Å². The van der Waals surface area contributed by atoms with Crippen molar-refractivity contribution in [2.24, 2.45) is 0 Å². The molecule has 0 aromatic heterocycles. The van der Waals surface area contributed by atoms with Crippen LogP contribution in [0.4, 0.5) is 4.79 Å². The molecule has 0 fully saturated rings. The minimum Gasteiger partial charge on any atom is -0.480 e. The first kappa shape index (κ1) is 14.2. The lowest BCUT2D eigenvalue weighted by atomic mass is 10.3. The van der Waals surface area contributed by atoms with E-state index in [1.165, 1.54) is 12.2 Å². The number of aliphatic carboxylic acids is 1. The number of hydrogen-bond acceptors (Lipinski definition) is 4. The van der Waals surface area contributed by atoms with E-state index in [4.69, 9.17) is 9.84 Å². The van der Waals surface area contributed by atoms with E-state index >= 15 is 0 Å². The molecule has 0 aliphatic heterocycles. The van der Waals surface area contributed by atoms with Gasteiger partial charge in [-0.15, -0.1) is 6.58 Å². The lowest BCUT2D eigenvalue weighted by molar-refractivity contribution is -0.140. The summed E-state index contributed by atoms with van der Waals surface area (Å²) < 4.78 is 9.49. The van der Waals surface area contributed by atoms with E-state index in [2.05, 4.69) is 23.2 Å². The van der Waals surface area contributed by atoms with Crippen LogP contribution in [-0.4, -0.2) is 43.0 Å². The van der Waals surface area contributed by atoms with Gasteiger partial charge in [0.25, 0.3) is 0 Å². The van der Waals surface area contributed by atoms with Crippen LogP contribution in [0, 0.1) is 0 Å². The average Bonchev–Trinajstić information content (AvgIpc) is 2.25. The van der Waals surface area contributed by atoms with Gasteiger partial charge in [0.1, 0.15) is 6.61 Å². The Labute approximate surface area is 93.5 Å². The molecule has 1 atom stereocenters. The zero-order valence-electron chi connectivity index (χ0n) is 8.85. The monoisotopic (exact) mass is 229 g/mol. The molecule has 1 unspecified atom stereocenters. The van der Waals surface area contributed by atoms with Gasteiger partial charge in [0.15, 0.2) is 6.04 Å². The predicted octanol–water partition coefficient (Wildman–Crippen LogP) is 0.554. The zero-order valence-corrected chi connectivity index (χ0v) is 8.85. The molecule has 6 nitrogen and oxygen atoms in total. The third-order valence-corrected chi connectivity index (χ3v) is 1.44. The van der Waals surface area contributed by atoms with Crippen molar-refractivity contribution in [3.8, 4) is 0 Å². The molecule has 1 amide bonds. The Morgan fingerprint density at radius 1 is 1.31 bits per heavy atom. The molecule has 0 saturated carbocycles. The quantitative estimate of drug-likeness (QED) is 0.469. The van der Waals surface area contributed by atoms with Crippen molar-refractivity contribution < 1.29 is 24.2 Å². The van der Waals surface area contributed by atoms with E-state index < -0.39 is 18.1 Å². The maximum absolute atomic E-state index is 11.0. The molecular formula is C10H15NO5. The summed E-state index contributed by atoms with van der Waals surface area (Å²) in [6.45, 7) is 6.85. The van der Waals surface area contributed by atoms with E-state index in [1.54, 1.807) is 0 Å². The van der Waals surface area contributed by atoms with Gasteiger partial charge in [0.05, 0.1) is 13.2 Å². The fourth-order valence-electron chi connectivity index (χ4n) is 0.762. The first-order chi connectivity index (χ1) is 7.61. The number of rotatable bonds is 8. The SMILES string of the molecule is C=CCOCC(NC(=O)OCC=C)C(=O)O. The highest BCUT2D eigenvalue weighted by Gasteiger charge is 2.20. The number of ether oxygens (including phenoxy) is 2. The molecule has 16 heavy (non-hydrogen) atoms. The Kier molecular flexibility index (Phi) is 7.52. The Balaban J connectivity index is 4.01. The van der Waals surface area contributed by atoms with Crippen LogP contribution in [0.5, 0.6) is 0 Å². The summed E-state index contributed by atoms with van der Waals surface area (Å²) in [7, 11) is 0. The number of nitrogens with one attached hydrogen (secondary N) is 1. The number of carboxylic acid groups (broad SMARTS) is 1. The highest BCUT2D eigenvalue weighted by Crippen LogP contribution is 1.90. The Morgan fingerprint density at radius 3 is 2.44 bits per heavy atom. The molecule has 0 bridgehead atoms. The maximum atomic E-state index is 11.0. The number of hydrogen-bond donors (Lipinski definition) is 2. The molecule has 0 rings (SSSR count). The summed E-state index contributed by atoms with van der Waals surface area (Å²) in [5.74, 6) is -1.19. The summed E-state index contributed by atoms with van der Waals surface area (Å²) >= 11 is 0. The molecule has 0 saturated heterocycles. The predicted molar refractivity (Wildman–Crippen MR) is 57.1 cm³/mol. The molecule has 0 aromatic carbocycles. The summed E-state index contributed by atoms with van der Waals surface area (Å²) in [4.78, 5) is 21.7. The van der Waals surface area contributed by atoms with Crippen LogP contribution in [0.3, 0.4) is 0 Å². The first-order valence-corrected chi connectivity index (χ1v) is 4.57. The summed E-state index contributed by atoms with van der Waals surface area (Å²) in [6.07, 6.45) is 2.04. The molecule has 0 aliphatic carbocycles. The standard InChI is InChI=1S/C10H15NO5/c1-3-5-15-7-8(9(12)13)11-10(14)16-6-4-2/h3-4,8H,1-2,5-7H2,(H,11,14)(H,12,13). The topological polar surface area (TPSA) is 84.9 Å². The van der Waals surface area contributed by atoms with Gasteiger partial charge in [-0.25, -0.2) is 9.59 Å². The Hall–Kier alpha value is -1.82. The number of carbonyl (C=O) groups excluding carboxylic acids is 1. The van der Waals surface area contributed by atoms with Crippen LogP contribution < -0.4 is 5.32 Å². The summed E-state index contributed by atoms with van der Waals surface area (Å²) in [5.41, 5.74) is 0. The largest absolute Gasteiger partial charge is 0.480 e. The van der Waals surface area contributed by atoms with E-state index in [-0.39, 0.29) is 19.8 Å². The van der Waals surface area contributed by atoms with Crippen molar-refractivity contribution in [2.75, 3.05) is 19.8 Å². The molecule has 0 aromatic rings. The van der Waals surface area contributed by atoms with E-state index in [0.717, 1.165) is 0 Å². The zero-order chi connectivity index (χ0) is 12.4. The van der Waals surface area contributed by atoms with Crippen LogP contribution in [0.2, 0.25) is 0 Å². The van der Waals surface area contributed by atoms with Crippen molar-refractivity contribution >= 4 is 12.1 Å². The van der Waals surface area contributed by atoms with Crippen molar-refractivity contribution in [2.45, 2.75) is 6.04 Å². The third kappa shape index (κ3) is 6.61. The number of carboxylic acids is 1.